The first-order valence-electron chi connectivity index (χ1n) is 7.38. The number of hydrogen-bond acceptors (Lipinski definition) is 3. The van der Waals surface area contributed by atoms with Crippen LogP contribution in [0.4, 0.5) is 4.39 Å². The summed E-state index contributed by atoms with van der Waals surface area (Å²) in [6.07, 6.45) is 4.12. The number of carbonyl (C=O) groups is 1. The van der Waals surface area contributed by atoms with Crippen LogP contribution in [-0.2, 0) is 4.79 Å². The highest BCUT2D eigenvalue weighted by Gasteiger charge is 2.08. The number of halogens is 1. The van der Waals surface area contributed by atoms with E-state index in [1.54, 1.807) is 18.2 Å². The summed E-state index contributed by atoms with van der Waals surface area (Å²) in [6.45, 7) is 5.95. The highest BCUT2D eigenvalue weighted by molar-refractivity contribution is 5.91. The highest BCUT2D eigenvalue weighted by atomic mass is 19.1. The third kappa shape index (κ3) is 6.06. The minimum Gasteiger partial charge on any atom is -0.353 e. The maximum atomic E-state index is 12.7. The first-order valence-corrected chi connectivity index (χ1v) is 7.38. The maximum absolute atomic E-state index is 12.7. The first-order chi connectivity index (χ1) is 10.2. The number of benzene rings is 1. The Kier molecular flexibility index (Phi) is 6.37. The molecule has 2 rings (SSSR count). The van der Waals surface area contributed by atoms with Crippen molar-refractivity contribution in [1.29, 1.82) is 0 Å². The molecule has 1 aromatic carbocycles. The van der Waals surface area contributed by atoms with Crippen LogP contribution in [0.5, 0.6) is 0 Å². The van der Waals surface area contributed by atoms with Crippen molar-refractivity contribution in [3.63, 3.8) is 0 Å². The van der Waals surface area contributed by atoms with E-state index in [2.05, 4.69) is 15.5 Å². The molecule has 0 atom stereocenters. The summed E-state index contributed by atoms with van der Waals surface area (Å²) in [7, 11) is 0. The number of piperazine rings is 1. The van der Waals surface area contributed by atoms with E-state index in [1.807, 2.05) is 0 Å². The molecule has 1 amide bonds. The van der Waals surface area contributed by atoms with Gasteiger partial charge in [-0.15, -0.1) is 0 Å². The third-order valence-electron chi connectivity index (χ3n) is 3.46. The molecule has 4 nitrogen and oxygen atoms in total. The highest BCUT2D eigenvalue weighted by Crippen LogP contribution is 2.04. The Bertz CT molecular complexity index is 467. The third-order valence-corrected chi connectivity index (χ3v) is 3.46. The van der Waals surface area contributed by atoms with Crippen LogP contribution in [0.15, 0.2) is 30.3 Å². The van der Waals surface area contributed by atoms with Crippen molar-refractivity contribution < 1.29 is 9.18 Å². The van der Waals surface area contributed by atoms with Crippen LogP contribution in [-0.4, -0.2) is 50.1 Å². The predicted molar refractivity (Wildman–Crippen MR) is 82.4 cm³/mol. The molecule has 114 valence electrons. The van der Waals surface area contributed by atoms with Crippen LogP contribution in [0.3, 0.4) is 0 Å². The van der Waals surface area contributed by atoms with Crippen molar-refractivity contribution >= 4 is 12.0 Å². The smallest absolute Gasteiger partial charge is 0.243 e. The molecule has 21 heavy (non-hydrogen) atoms. The Morgan fingerprint density at radius 3 is 2.71 bits per heavy atom. The molecule has 0 unspecified atom stereocenters. The molecule has 0 spiro atoms. The van der Waals surface area contributed by atoms with Gasteiger partial charge in [-0.25, -0.2) is 4.39 Å². The van der Waals surface area contributed by atoms with Crippen LogP contribution in [0.25, 0.3) is 6.08 Å². The van der Waals surface area contributed by atoms with Crippen LogP contribution >= 0.6 is 0 Å². The summed E-state index contributed by atoms with van der Waals surface area (Å²) in [4.78, 5) is 14.0. The number of hydrogen-bond donors (Lipinski definition) is 2. The van der Waals surface area contributed by atoms with Crippen molar-refractivity contribution in [1.82, 2.24) is 15.5 Å². The fraction of sp³-hybridized carbons (Fsp3) is 0.438. The summed E-state index contributed by atoms with van der Waals surface area (Å²) in [5.74, 6) is -0.385. The molecule has 0 aliphatic carbocycles. The lowest BCUT2D eigenvalue weighted by Gasteiger charge is -2.26. The molecule has 1 aliphatic heterocycles. The average molecular weight is 291 g/mol. The number of amides is 1. The fourth-order valence-corrected chi connectivity index (χ4v) is 2.25. The molecular weight excluding hydrogens is 269 g/mol. The van der Waals surface area contributed by atoms with Gasteiger partial charge in [0.25, 0.3) is 0 Å². The minimum atomic E-state index is -0.274. The van der Waals surface area contributed by atoms with Crippen LogP contribution in [0, 0.1) is 5.82 Å². The Balaban J connectivity index is 1.61. The SMILES string of the molecule is O=C(/C=C/c1ccc(F)cc1)NCCCN1CCNCC1. The Labute approximate surface area is 125 Å². The molecule has 1 aromatic rings. The summed E-state index contributed by atoms with van der Waals surface area (Å²) < 4.78 is 12.7. The zero-order valence-electron chi connectivity index (χ0n) is 12.1. The molecule has 0 aromatic heterocycles. The van der Waals surface area contributed by atoms with Crippen LogP contribution in [0.2, 0.25) is 0 Å². The maximum Gasteiger partial charge on any atom is 0.243 e. The summed E-state index contributed by atoms with van der Waals surface area (Å²) in [5, 5.41) is 6.18. The standard InChI is InChI=1S/C16H22FN3O/c17-15-5-2-14(3-6-15)4-7-16(21)19-8-1-11-20-12-9-18-10-13-20/h2-7,18H,1,8-13H2,(H,19,21)/b7-4+. The van der Waals surface area contributed by atoms with Crippen molar-refractivity contribution in [2.75, 3.05) is 39.3 Å². The molecule has 0 radical (unpaired) electrons. The molecule has 0 saturated carbocycles. The van der Waals surface area contributed by atoms with E-state index in [0.29, 0.717) is 6.54 Å². The Morgan fingerprint density at radius 1 is 1.29 bits per heavy atom. The Hall–Kier alpha value is -1.72. The Morgan fingerprint density at radius 2 is 2.00 bits per heavy atom. The second-order valence-corrected chi connectivity index (χ2v) is 5.12. The van der Waals surface area contributed by atoms with Gasteiger partial charge in [0.05, 0.1) is 0 Å². The van der Waals surface area contributed by atoms with Gasteiger partial charge in [-0.3, -0.25) is 4.79 Å². The topological polar surface area (TPSA) is 44.4 Å². The van der Waals surface area contributed by atoms with Crippen molar-refractivity contribution in [3.05, 3.63) is 41.7 Å². The molecule has 1 heterocycles. The monoisotopic (exact) mass is 291 g/mol. The normalized spacial score (nSPS) is 16.2. The zero-order valence-corrected chi connectivity index (χ0v) is 12.1. The molecule has 1 fully saturated rings. The molecule has 1 aliphatic rings. The predicted octanol–water partition coefficient (Wildman–Crippen LogP) is 1.25. The second kappa shape index (κ2) is 8.54. The van der Waals surface area contributed by atoms with Crippen LogP contribution in [0.1, 0.15) is 12.0 Å². The van der Waals surface area contributed by atoms with Gasteiger partial charge in [-0.1, -0.05) is 12.1 Å². The number of carbonyl (C=O) groups excluding carboxylic acids is 1. The van der Waals surface area contributed by atoms with Gasteiger partial charge >= 0.3 is 0 Å². The lowest BCUT2D eigenvalue weighted by molar-refractivity contribution is -0.116. The molecule has 2 N–H and O–H groups in total. The average Bonchev–Trinajstić information content (AvgIpc) is 2.52. The van der Waals surface area contributed by atoms with Gasteiger partial charge in [-0.05, 0) is 36.7 Å². The van der Waals surface area contributed by atoms with E-state index in [-0.39, 0.29) is 11.7 Å². The summed E-state index contributed by atoms with van der Waals surface area (Å²) in [5.41, 5.74) is 0.812. The molecular formula is C16H22FN3O. The first kappa shape index (κ1) is 15.7. The van der Waals surface area contributed by atoms with E-state index in [4.69, 9.17) is 0 Å². The van der Waals surface area contributed by atoms with Gasteiger partial charge in [0.15, 0.2) is 0 Å². The van der Waals surface area contributed by atoms with Crippen molar-refractivity contribution in [2.45, 2.75) is 6.42 Å². The lowest BCUT2D eigenvalue weighted by Crippen LogP contribution is -2.44. The van der Waals surface area contributed by atoms with Crippen molar-refractivity contribution in [2.24, 2.45) is 0 Å². The number of rotatable bonds is 6. The molecule has 1 saturated heterocycles. The quantitative estimate of drug-likeness (QED) is 0.612. The van der Waals surface area contributed by atoms with Crippen LogP contribution < -0.4 is 10.6 Å². The molecule has 5 heteroatoms. The van der Waals surface area contributed by atoms with E-state index >= 15 is 0 Å². The van der Waals surface area contributed by atoms with E-state index in [1.165, 1.54) is 18.2 Å². The fourth-order valence-electron chi connectivity index (χ4n) is 2.25. The van der Waals surface area contributed by atoms with Gasteiger partial charge < -0.3 is 15.5 Å². The zero-order chi connectivity index (χ0) is 14.9. The van der Waals surface area contributed by atoms with Gasteiger partial charge in [-0.2, -0.15) is 0 Å². The second-order valence-electron chi connectivity index (χ2n) is 5.12. The largest absolute Gasteiger partial charge is 0.353 e. The van der Waals surface area contributed by atoms with E-state index in [0.717, 1.165) is 44.7 Å². The van der Waals surface area contributed by atoms with Gasteiger partial charge in [0.1, 0.15) is 5.82 Å². The minimum absolute atomic E-state index is 0.111. The summed E-state index contributed by atoms with van der Waals surface area (Å²) >= 11 is 0. The van der Waals surface area contributed by atoms with E-state index < -0.39 is 0 Å². The lowest BCUT2D eigenvalue weighted by atomic mass is 10.2. The van der Waals surface area contributed by atoms with Gasteiger partial charge in [0, 0.05) is 38.8 Å². The molecule has 0 bridgehead atoms. The number of nitrogens with one attached hydrogen (secondary N) is 2. The number of nitrogens with zero attached hydrogens (tertiary/aromatic N) is 1. The summed E-state index contributed by atoms with van der Waals surface area (Å²) in [6, 6.07) is 6.04. The van der Waals surface area contributed by atoms with Gasteiger partial charge in [0.2, 0.25) is 5.91 Å². The van der Waals surface area contributed by atoms with E-state index in [9.17, 15) is 9.18 Å². The van der Waals surface area contributed by atoms with Crippen molar-refractivity contribution in [3.8, 4) is 0 Å².